The zero-order valence-corrected chi connectivity index (χ0v) is 20.2. The molecule has 7 nitrogen and oxygen atoms in total. The molecule has 2 amide bonds. The zero-order chi connectivity index (χ0) is 24.0. The number of amides is 2. The van der Waals surface area contributed by atoms with Crippen LogP contribution in [0.25, 0.3) is 0 Å². The number of methoxy groups -OCH3 is 3. The van der Waals surface area contributed by atoms with Gasteiger partial charge >= 0.3 is 0 Å². The lowest BCUT2D eigenvalue weighted by atomic mass is 10.00. The van der Waals surface area contributed by atoms with Crippen molar-refractivity contribution in [2.24, 2.45) is 5.92 Å². The molecule has 0 aliphatic carbocycles. The Labute approximate surface area is 196 Å². The molecule has 0 bridgehead atoms. The lowest BCUT2D eigenvalue weighted by Gasteiger charge is -2.30. The third kappa shape index (κ3) is 5.78. The Bertz CT molecular complexity index is 963. The van der Waals surface area contributed by atoms with E-state index in [-0.39, 0.29) is 24.2 Å². The minimum atomic E-state index is -0.167. The Morgan fingerprint density at radius 2 is 1.64 bits per heavy atom. The summed E-state index contributed by atoms with van der Waals surface area (Å²) in [7, 11) is 4.57. The lowest BCUT2D eigenvalue weighted by Crippen LogP contribution is -2.40. The van der Waals surface area contributed by atoms with Crippen molar-refractivity contribution in [3.05, 3.63) is 53.1 Å². The molecule has 0 fully saturated rings. The van der Waals surface area contributed by atoms with Gasteiger partial charge in [-0.1, -0.05) is 38.1 Å². The number of carbonyl (C=O) groups is 2. The molecule has 0 N–H and O–H groups in total. The maximum atomic E-state index is 13.4. The fourth-order valence-corrected chi connectivity index (χ4v) is 4.20. The number of carbonyl (C=O) groups excluding carboxylic acids is 2. The first-order chi connectivity index (χ1) is 15.9. The smallest absolute Gasteiger partial charge is 0.254 e. The highest BCUT2D eigenvalue weighted by atomic mass is 16.5. The van der Waals surface area contributed by atoms with E-state index in [1.54, 1.807) is 17.0 Å². The van der Waals surface area contributed by atoms with E-state index in [1.807, 2.05) is 17.0 Å². The second kappa shape index (κ2) is 11.1. The summed E-state index contributed by atoms with van der Waals surface area (Å²) in [4.78, 5) is 30.0. The molecule has 0 unspecified atom stereocenters. The summed E-state index contributed by atoms with van der Waals surface area (Å²) in [6.45, 7) is 6.34. The highest BCUT2D eigenvalue weighted by molar-refractivity contribution is 5.96. The number of ether oxygens (including phenoxy) is 3. The first kappa shape index (κ1) is 24.4. The summed E-state index contributed by atoms with van der Waals surface area (Å²) in [5.41, 5.74) is 2.94. The molecule has 3 rings (SSSR count). The van der Waals surface area contributed by atoms with Crippen LogP contribution in [0.15, 0.2) is 36.4 Å². The van der Waals surface area contributed by atoms with Crippen LogP contribution in [0.3, 0.4) is 0 Å². The second-order valence-corrected chi connectivity index (χ2v) is 8.64. The van der Waals surface area contributed by atoms with Crippen LogP contribution in [0.1, 0.15) is 41.8 Å². The first-order valence-electron chi connectivity index (χ1n) is 11.3. The van der Waals surface area contributed by atoms with Crippen LogP contribution < -0.4 is 14.2 Å². The predicted octanol–water partition coefficient (Wildman–Crippen LogP) is 3.79. The molecule has 0 saturated carbocycles. The Balaban J connectivity index is 1.73. The third-order valence-electron chi connectivity index (χ3n) is 5.86. The number of hydrogen-bond acceptors (Lipinski definition) is 5. The average Bonchev–Trinajstić information content (AvgIpc) is 2.84. The molecule has 0 spiro atoms. The minimum Gasteiger partial charge on any atom is -0.493 e. The van der Waals surface area contributed by atoms with E-state index in [0.717, 1.165) is 6.42 Å². The molecule has 0 aromatic heterocycles. The Kier molecular flexibility index (Phi) is 8.20. The summed E-state index contributed by atoms with van der Waals surface area (Å²) < 4.78 is 16.2. The van der Waals surface area contributed by atoms with E-state index in [1.165, 1.54) is 32.5 Å². The van der Waals surface area contributed by atoms with E-state index >= 15 is 0 Å². The molecule has 178 valence electrons. The highest BCUT2D eigenvalue weighted by Gasteiger charge is 2.25. The van der Waals surface area contributed by atoms with Crippen molar-refractivity contribution >= 4 is 11.8 Å². The maximum absolute atomic E-state index is 13.4. The molecule has 1 aliphatic rings. The molecule has 1 aliphatic heterocycles. The van der Waals surface area contributed by atoms with E-state index in [4.69, 9.17) is 14.2 Å². The molecule has 1 heterocycles. The monoisotopic (exact) mass is 454 g/mol. The zero-order valence-electron chi connectivity index (χ0n) is 20.2. The number of hydrogen-bond donors (Lipinski definition) is 0. The topological polar surface area (TPSA) is 68.3 Å². The summed E-state index contributed by atoms with van der Waals surface area (Å²) in [5, 5.41) is 0. The van der Waals surface area contributed by atoms with Crippen molar-refractivity contribution in [1.29, 1.82) is 0 Å². The summed E-state index contributed by atoms with van der Waals surface area (Å²) >= 11 is 0. The van der Waals surface area contributed by atoms with Crippen LogP contribution in [0.2, 0.25) is 0 Å². The fraction of sp³-hybridized carbons (Fsp3) is 0.462. The molecule has 33 heavy (non-hydrogen) atoms. The van der Waals surface area contributed by atoms with Gasteiger partial charge in [0.25, 0.3) is 5.91 Å². The largest absolute Gasteiger partial charge is 0.493 e. The minimum absolute atomic E-state index is 0.0657. The standard InChI is InChI=1S/C26H34N2O5/c1-18(2)16-28(26(30)21-14-22(31-3)25(33-5)23(15-21)32-4)13-11-24(29)27-12-10-19-8-6-7-9-20(19)17-27/h6-9,14-15,18H,10-13,16-17H2,1-5H3. The van der Waals surface area contributed by atoms with Gasteiger partial charge in [-0.3, -0.25) is 9.59 Å². The number of fused-ring (bicyclic) bond motifs is 1. The van der Waals surface area contributed by atoms with Gasteiger partial charge in [0.2, 0.25) is 11.7 Å². The number of benzene rings is 2. The van der Waals surface area contributed by atoms with E-state index in [2.05, 4.69) is 26.0 Å². The molecule has 7 heteroatoms. The quantitative estimate of drug-likeness (QED) is 0.577. The van der Waals surface area contributed by atoms with Gasteiger partial charge in [0, 0.05) is 38.2 Å². The Hall–Kier alpha value is -3.22. The van der Waals surface area contributed by atoms with Crippen molar-refractivity contribution < 1.29 is 23.8 Å². The highest BCUT2D eigenvalue weighted by Crippen LogP contribution is 2.38. The normalized spacial score (nSPS) is 12.8. The van der Waals surface area contributed by atoms with Gasteiger partial charge in [-0.15, -0.1) is 0 Å². The van der Waals surface area contributed by atoms with Gasteiger partial charge in [0.05, 0.1) is 21.3 Å². The van der Waals surface area contributed by atoms with E-state index in [0.29, 0.717) is 49.0 Å². The third-order valence-corrected chi connectivity index (χ3v) is 5.86. The van der Waals surface area contributed by atoms with Crippen LogP contribution in [0.5, 0.6) is 17.2 Å². The fourth-order valence-electron chi connectivity index (χ4n) is 4.20. The van der Waals surface area contributed by atoms with Gasteiger partial charge in [-0.2, -0.15) is 0 Å². The van der Waals surface area contributed by atoms with Crippen LogP contribution >= 0.6 is 0 Å². The Morgan fingerprint density at radius 1 is 1.00 bits per heavy atom. The van der Waals surface area contributed by atoms with Gasteiger partial charge in [0.1, 0.15) is 0 Å². The summed E-state index contributed by atoms with van der Waals surface area (Å²) in [5.74, 6) is 1.44. The van der Waals surface area contributed by atoms with Crippen LogP contribution in [0, 0.1) is 5.92 Å². The van der Waals surface area contributed by atoms with Crippen LogP contribution in [-0.2, 0) is 17.8 Å². The first-order valence-corrected chi connectivity index (χ1v) is 11.3. The average molecular weight is 455 g/mol. The molecule has 2 aromatic rings. The number of nitrogens with zero attached hydrogens (tertiary/aromatic N) is 2. The lowest BCUT2D eigenvalue weighted by molar-refractivity contribution is -0.132. The van der Waals surface area contributed by atoms with Crippen molar-refractivity contribution in [2.75, 3.05) is 41.0 Å². The molecule has 0 saturated heterocycles. The predicted molar refractivity (Wildman–Crippen MR) is 127 cm³/mol. The molecular weight excluding hydrogens is 420 g/mol. The molecular formula is C26H34N2O5. The SMILES string of the molecule is COc1cc(C(=O)N(CCC(=O)N2CCc3ccccc3C2)CC(C)C)cc(OC)c1OC. The van der Waals surface area contributed by atoms with Crippen LogP contribution in [0.4, 0.5) is 0 Å². The van der Waals surface area contributed by atoms with E-state index in [9.17, 15) is 9.59 Å². The summed E-state index contributed by atoms with van der Waals surface area (Å²) in [6, 6.07) is 11.5. The van der Waals surface area contributed by atoms with Gasteiger partial charge in [0.15, 0.2) is 11.5 Å². The van der Waals surface area contributed by atoms with Gasteiger partial charge in [-0.25, -0.2) is 0 Å². The van der Waals surface area contributed by atoms with Crippen molar-refractivity contribution in [3.8, 4) is 17.2 Å². The number of rotatable bonds is 9. The van der Waals surface area contributed by atoms with Gasteiger partial charge in [-0.05, 0) is 35.6 Å². The Morgan fingerprint density at radius 3 is 2.21 bits per heavy atom. The maximum Gasteiger partial charge on any atom is 0.254 e. The van der Waals surface area contributed by atoms with Crippen molar-refractivity contribution in [1.82, 2.24) is 9.80 Å². The van der Waals surface area contributed by atoms with E-state index < -0.39 is 0 Å². The molecule has 0 radical (unpaired) electrons. The summed E-state index contributed by atoms with van der Waals surface area (Å²) in [6.07, 6.45) is 1.15. The second-order valence-electron chi connectivity index (χ2n) is 8.64. The molecule has 0 atom stereocenters. The van der Waals surface area contributed by atoms with Crippen molar-refractivity contribution in [2.45, 2.75) is 33.2 Å². The van der Waals surface area contributed by atoms with Crippen molar-refractivity contribution in [3.63, 3.8) is 0 Å². The van der Waals surface area contributed by atoms with Crippen LogP contribution in [-0.4, -0.2) is 62.6 Å². The van der Waals surface area contributed by atoms with Gasteiger partial charge < -0.3 is 24.0 Å². The molecule has 2 aromatic carbocycles.